The van der Waals surface area contributed by atoms with E-state index < -0.39 is 0 Å². The summed E-state index contributed by atoms with van der Waals surface area (Å²) in [5.41, 5.74) is 1.31. The number of nitrogens with one attached hydrogen (secondary N) is 1. The van der Waals surface area contributed by atoms with E-state index in [1.807, 2.05) is 6.20 Å². The molecule has 21 heavy (non-hydrogen) atoms. The maximum absolute atomic E-state index is 6.57. The van der Waals surface area contributed by atoms with Crippen LogP contribution in [0.5, 0.6) is 0 Å². The molecular weight excluding hydrogens is 284 g/mol. The lowest BCUT2D eigenvalue weighted by Crippen LogP contribution is -2.46. The van der Waals surface area contributed by atoms with Crippen LogP contribution in [0.3, 0.4) is 0 Å². The van der Waals surface area contributed by atoms with Crippen LogP contribution < -0.4 is 5.32 Å². The van der Waals surface area contributed by atoms with E-state index in [1.54, 1.807) is 0 Å². The van der Waals surface area contributed by atoms with Gasteiger partial charge in [0.25, 0.3) is 0 Å². The first-order valence-electron chi connectivity index (χ1n) is 8.25. The average molecular weight is 311 g/mol. The molecule has 1 aromatic rings. The standard InChI is InChI=1S/C16H27ClN4/c1-20(2)10-11-21-15(14(17)12-19-21)16(13-6-7-13)8-4-3-5-9-18-16/h12-13,18H,3-11H2,1-2H3. The minimum Gasteiger partial charge on any atom is -0.308 e. The van der Waals surface area contributed by atoms with Crippen molar-refractivity contribution in [1.82, 2.24) is 20.0 Å². The quantitative estimate of drug-likeness (QED) is 0.908. The fourth-order valence-corrected chi connectivity index (χ4v) is 4.01. The van der Waals surface area contributed by atoms with Gasteiger partial charge in [0.15, 0.2) is 0 Å². The van der Waals surface area contributed by atoms with Crippen LogP contribution in [0.1, 0.15) is 44.2 Å². The molecule has 0 aromatic carbocycles. The Kier molecular flexibility index (Phi) is 4.57. The summed E-state index contributed by atoms with van der Waals surface area (Å²) in [5.74, 6) is 0.739. The summed E-state index contributed by atoms with van der Waals surface area (Å²) in [5, 5.41) is 9.28. The van der Waals surface area contributed by atoms with Crippen LogP contribution in [-0.2, 0) is 12.1 Å². The second-order valence-electron chi connectivity index (χ2n) is 6.85. The lowest BCUT2D eigenvalue weighted by molar-refractivity contribution is 0.251. The van der Waals surface area contributed by atoms with Crippen LogP contribution in [-0.4, -0.2) is 41.9 Å². The zero-order valence-electron chi connectivity index (χ0n) is 13.2. The molecule has 0 amide bonds. The van der Waals surface area contributed by atoms with E-state index in [0.717, 1.165) is 30.6 Å². The third-order valence-electron chi connectivity index (χ3n) is 4.94. The molecule has 0 spiro atoms. The van der Waals surface area contributed by atoms with E-state index in [-0.39, 0.29) is 5.54 Å². The Labute approximate surface area is 132 Å². The molecule has 2 fully saturated rings. The monoisotopic (exact) mass is 310 g/mol. The molecule has 0 radical (unpaired) electrons. The summed E-state index contributed by atoms with van der Waals surface area (Å²) in [6.45, 7) is 3.00. The Hall–Kier alpha value is -0.580. The number of hydrogen-bond donors (Lipinski definition) is 1. The Morgan fingerprint density at radius 2 is 2.19 bits per heavy atom. The van der Waals surface area contributed by atoms with Crippen molar-refractivity contribution >= 4 is 11.6 Å². The van der Waals surface area contributed by atoms with Gasteiger partial charge in [0.05, 0.1) is 29.0 Å². The molecule has 1 saturated carbocycles. The van der Waals surface area contributed by atoms with Gasteiger partial charge < -0.3 is 10.2 Å². The number of likely N-dealkylation sites (N-methyl/N-ethyl adjacent to an activating group) is 1. The third kappa shape index (κ3) is 3.13. The van der Waals surface area contributed by atoms with Crippen molar-refractivity contribution in [1.29, 1.82) is 0 Å². The highest BCUT2D eigenvalue weighted by atomic mass is 35.5. The van der Waals surface area contributed by atoms with Crippen molar-refractivity contribution in [2.75, 3.05) is 27.2 Å². The fourth-order valence-electron chi connectivity index (χ4n) is 3.70. The van der Waals surface area contributed by atoms with E-state index in [9.17, 15) is 0 Å². The maximum Gasteiger partial charge on any atom is 0.0837 e. The summed E-state index contributed by atoms with van der Waals surface area (Å²) >= 11 is 6.57. The summed E-state index contributed by atoms with van der Waals surface area (Å²) in [6.07, 6.45) is 9.57. The van der Waals surface area contributed by atoms with Gasteiger partial charge in [-0.3, -0.25) is 4.68 Å². The predicted octanol–water partition coefficient (Wildman–Crippen LogP) is 2.87. The van der Waals surface area contributed by atoms with Gasteiger partial charge >= 0.3 is 0 Å². The smallest absolute Gasteiger partial charge is 0.0837 e. The molecule has 2 aliphatic rings. The van der Waals surface area contributed by atoms with Crippen molar-refractivity contribution < 1.29 is 0 Å². The van der Waals surface area contributed by atoms with Gasteiger partial charge in [0, 0.05) is 6.54 Å². The van der Waals surface area contributed by atoms with E-state index in [1.165, 1.54) is 44.2 Å². The number of rotatable bonds is 5. The van der Waals surface area contributed by atoms with Crippen LogP contribution in [0.15, 0.2) is 6.20 Å². The molecule has 1 N–H and O–H groups in total. The van der Waals surface area contributed by atoms with Crippen LogP contribution >= 0.6 is 11.6 Å². The van der Waals surface area contributed by atoms with Crippen molar-refractivity contribution in [2.45, 2.75) is 50.6 Å². The Morgan fingerprint density at radius 3 is 2.90 bits per heavy atom. The van der Waals surface area contributed by atoms with Crippen LogP contribution in [0.25, 0.3) is 0 Å². The average Bonchev–Trinajstić information content (AvgIpc) is 3.24. The first-order valence-corrected chi connectivity index (χ1v) is 8.63. The van der Waals surface area contributed by atoms with Gasteiger partial charge in [0.2, 0.25) is 0 Å². The van der Waals surface area contributed by atoms with Crippen LogP contribution in [0.2, 0.25) is 5.02 Å². The van der Waals surface area contributed by atoms with Crippen molar-refractivity contribution in [3.63, 3.8) is 0 Å². The number of nitrogens with zero attached hydrogens (tertiary/aromatic N) is 3. The minimum atomic E-state index is 0.0659. The lowest BCUT2D eigenvalue weighted by Gasteiger charge is -2.35. The first-order chi connectivity index (χ1) is 10.1. The van der Waals surface area contributed by atoms with Crippen LogP contribution in [0.4, 0.5) is 0 Å². The van der Waals surface area contributed by atoms with E-state index in [4.69, 9.17) is 11.6 Å². The van der Waals surface area contributed by atoms with Crippen molar-refractivity contribution in [2.24, 2.45) is 5.92 Å². The van der Waals surface area contributed by atoms with E-state index >= 15 is 0 Å². The lowest BCUT2D eigenvalue weighted by atomic mass is 9.84. The molecule has 2 heterocycles. The van der Waals surface area contributed by atoms with Gasteiger partial charge in [-0.05, 0) is 52.2 Å². The third-order valence-corrected chi connectivity index (χ3v) is 5.22. The molecule has 1 aliphatic heterocycles. The van der Waals surface area contributed by atoms with Crippen molar-refractivity contribution in [3.05, 3.63) is 16.9 Å². The largest absolute Gasteiger partial charge is 0.308 e. The minimum absolute atomic E-state index is 0.0659. The zero-order chi connectivity index (χ0) is 14.9. The Morgan fingerprint density at radius 1 is 1.38 bits per heavy atom. The van der Waals surface area contributed by atoms with Gasteiger partial charge in [0.1, 0.15) is 0 Å². The Bertz CT molecular complexity index is 471. The predicted molar refractivity (Wildman–Crippen MR) is 86.7 cm³/mol. The summed E-state index contributed by atoms with van der Waals surface area (Å²) in [6, 6.07) is 0. The normalized spacial score (nSPS) is 27.0. The SMILES string of the molecule is CN(C)CCn1ncc(Cl)c1C1(C2CC2)CCCCCN1. The fraction of sp³-hybridized carbons (Fsp3) is 0.812. The van der Waals surface area contributed by atoms with Gasteiger partial charge in [-0.15, -0.1) is 0 Å². The molecular formula is C16H27ClN4. The van der Waals surface area contributed by atoms with Crippen LogP contribution in [0, 0.1) is 5.92 Å². The maximum atomic E-state index is 6.57. The number of halogens is 1. The highest BCUT2D eigenvalue weighted by Gasteiger charge is 2.49. The molecule has 5 heteroatoms. The molecule has 1 atom stereocenters. The highest BCUT2D eigenvalue weighted by Crippen LogP contribution is 2.50. The van der Waals surface area contributed by atoms with Gasteiger partial charge in [-0.1, -0.05) is 24.4 Å². The molecule has 0 bridgehead atoms. The molecule has 1 saturated heterocycles. The van der Waals surface area contributed by atoms with E-state index in [2.05, 4.69) is 34.1 Å². The Balaban J connectivity index is 1.93. The topological polar surface area (TPSA) is 33.1 Å². The van der Waals surface area contributed by atoms with Gasteiger partial charge in [-0.25, -0.2) is 0 Å². The second kappa shape index (κ2) is 6.27. The molecule has 118 valence electrons. The van der Waals surface area contributed by atoms with Crippen molar-refractivity contribution in [3.8, 4) is 0 Å². The second-order valence-corrected chi connectivity index (χ2v) is 7.26. The zero-order valence-corrected chi connectivity index (χ0v) is 14.0. The van der Waals surface area contributed by atoms with Gasteiger partial charge in [-0.2, -0.15) is 5.10 Å². The molecule has 1 unspecified atom stereocenters. The number of hydrogen-bond acceptors (Lipinski definition) is 3. The molecule has 1 aliphatic carbocycles. The summed E-state index contributed by atoms with van der Waals surface area (Å²) in [7, 11) is 4.21. The summed E-state index contributed by atoms with van der Waals surface area (Å²) in [4.78, 5) is 2.20. The first kappa shape index (κ1) is 15.3. The van der Waals surface area contributed by atoms with E-state index in [0.29, 0.717) is 0 Å². The summed E-state index contributed by atoms with van der Waals surface area (Å²) < 4.78 is 2.15. The molecule has 3 rings (SSSR count). The molecule has 1 aromatic heterocycles. The number of aromatic nitrogens is 2. The molecule has 4 nitrogen and oxygen atoms in total. The highest BCUT2D eigenvalue weighted by molar-refractivity contribution is 6.31.